The van der Waals surface area contributed by atoms with Crippen LogP contribution in [0.15, 0.2) is 12.2 Å². The molecule has 0 aromatic heterocycles. The number of ether oxygens (including phenoxy) is 1. The molecule has 0 bridgehead atoms. The predicted molar refractivity (Wildman–Crippen MR) is 66.7 cm³/mol. The second kappa shape index (κ2) is 3.69. The Morgan fingerprint density at radius 1 is 1.28 bits per heavy atom. The third-order valence-corrected chi connectivity index (χ3v) is 5.44. The van der Waals surface area contributed by atoms with Gasteiger partial charge in [0.1, 0.15) is 6.10 Å². The molecule has 2 aliphatic carbocycles. The van der Waals surface area contributed by atoms with Gasteiger partial charge in [-0.2, -0.15) is 0 Å². The summed E-state index contributed by atoms with van der Waals surface area (Å²) in [5.41, 5.74) is 0.0127. The molecule has 0 aromatic rings. The van der Waals surface area contributed by atoms with Crippen molar-refractivity contribution in [3.63, 3.8) is 0 Å². The van der Waals surface area contributed by atoms with Gasteiger partial charge < -0.3 is 4.74 Å². The summed E-state index contributed by atoms with van der Waals surface area (Å²) in [6, 6.07) is 0. The molecule has 1 unspecified atom stereocenters. The van der Waals surface area contributed by atoms with Crippen molar-refractivity contribution in [2.24, 2.45) is 29.1 Å². The van der Waals surface area contributed by atoms with Crippen LogP contribution in [-0.4, -0.2) is 17.9 Å². The maximum absolute atomic E-state index is 11.9. The van der Waals surface area contributed by atoms with Crippen LogP contribution in [0.2, 0.25) is 0 Å². The molecular formula is C15H20O3. The van der Waals surface area contributed by atoms with E-state index in [2.05, 4.69) is 6.92 Å². The molecule has 3 heteroatoms. The van der Waals surface area contributed by atoms with Crippen molar-refractivity contribution in [2.75, 3.05) is 0 Å². The number of carbonyl (C=O) groups excluding carboxylic acids is 2. The highest BCUT2D eigenvalue weighted by atomic mass is 16.6. The van der Waals surface area contributed by atoms with Gasteiger partial charge in [-0.05, 0) is 24.3 Å². The molecule has 1 saturated heterocycles. The van der Waals surface area contributed by atoms with E-state index in [9.17, 15) is 9.59 Å². The van der Waals surface area contributed by atoms with E-state index < -0.39 is 0 Å². The van der Waals surface area contributed by atoms with E-state index in [1.165, 1.54) is 0 Å². The van der Waals surface area contributed by atoms with E-state index in [1.807, 2.05) is 19.9 Å². The fraction of sp³-hybridized carbons (Fsp3) is 0.733. The molecule has 3 rings (SSSR count). The first-order valence-electron chi connectivity index (χ1n) is 6.87. The van der Waals surface area contributed by atoms with Gasteiger partial charge in [0.15, 0.2) is 5.78 Å². The number of hydrogen-bond acceptors (Lipinski definition) is 3. The molecule has 2 fully saturated rings. The zero-order chi connectivity index (χ0) is 13.1. The first-order chi connectivity index (χ1) is 8.44. The van der Waals surface area contributed by atoms with E-state index in [1.54, 1.807) is 6.08 Å². The number of esters is 1. The van der Waals surface area contributed by atoms with Gasteiger partial charge in [-0.25, -0.2) is 0 Å². The van der Waals surface area contributed by atoms with Gasteiger partial charge in [0.05, 0.1) is 5.92 Å². The van der Waals surface area contributed by atoms with E-state index in [0.717, 1.165) is 12.8 Å². The predicted octanol–water partition coefficient (Wildman–Crippen LogP) is 2.36. The lowest BCUT2D eigenvalue weighted by Crippen LogP contribution is -2.50. The summed E-state index contributed by atoms with van der Waals surface area (Å²) in [7, 11) is 0. The molecule has 0 amide bonds. The molecule has 18 heavy (non-hydrogen) atoms. The summed E-state index contributed by atoms with van der Waals surface area (Å²) in [6.07, 6.45) is 5.79. The summed E-state index contributed by atoms with van der Waals surface area (Å²) in [4.78, 5) is 23.7. The quantitative estimate of drug-likeness (QED) is 0.618. The van der Waals surface area contributed by atoms with Crippen molar-refractivity contribution in [3.8, 4) is 0 Å². The van der Waals surface area contributed by atoms with Crippen LogP contribution in [0.4, 0.5) is 0 Å². The molecule has 1 heterocycles. The second-order valence-electron chi connectivity index (χ2n) is 6.45. The van der Waals surface area contributed by atoms with Crippen LogP contribution in [0.3, 0.4) is 0 Å². The van der Waals surface area contributed by atoms with E-state index >= 15 is 0 Å². The van der Waals surface area contributed by atoms with Gasteiger partial charge in [-0.1, -0.05) is 26.8 Å². The maximum atomic E-state index is 11.9. The van der Waals surface area contributed by atoms with Gasteiger partial charge >= 0.3 is 5.97 Å². The average Bonchev–Trinajstić information content (AvgIpc) is 2.60. The average molecular weight is 248 g/mol. The van der Waals surface area contributed by atoms with E-state index in [4.69, 9.17) is 4.74 Å². The number of allylic oxidation sites excluding steroid dienone is 2. The molecule has 6 atom stereocenters. The van der Waals surface area contributed by atoms with Crippen LogP contribution in [0.1, 0.15) is 33.6 Å². The van der Waals surface area contributed by atoms with Crippen molar-refractivity contribution in [1.29, 1.82) is 0 Å². The van der Waals surface area contributed by atoms with Crippen molar-refractivity contribution in [2.45, 2.75) is 39.7 Å². The van der Waals surface area contributed by atoms with Gasteiger partial charge in [0.2, 0.25) is 0 Å². The molecule has 0 radical (unpaired) electrons. The van der Waals surface area contributed by atoms with Gasteiger partial charge in [-0.15, -0.1) is 0 Å². The lowest BCUT2D eigenvalue weighted by atomic mass is 9.55. The summed E-state index contributed by atoms with van der Waals surface area (Å²) < 4.78 is 5.61. The van der Waals surface area contributed by atoms with Crippen molar-refractivity contribution in [3.05, 3.63) is 12.2 Å². The molecule has 3 aliphatic rings. The zero-order valence-corrected chi connectivity index (χ0v) is 11.2. The topological polar surface area (TPSA) is 43.4 Å². The fourth-order valence-electron chi connectivity index (χ4n) is 4.21. The number of ketones is 1. The molecule has 0 N–H and O–H groups in total. The van der Waals surface area contributed by atoms with Crippen LogP contribution in [0.25, 0.3) is 0 Å². The minimum Gasteiger partial charge on any atom is -0.461 e. The Morgan fingerprint density at radius 2 is 2.00 bits per heavy atom. The molecule has 0 spiro atoms. The third-order valence-electron chi connectivity index (χ3n) is 5.44. The summed E-state index contributed by atoms with van der Waals surface area (Å²) >= 11 is 0. The lowest BCUT2D eigenvalue weighted by Gasteiger charge is -2.49. The van der Waals surface area contributed by atoms with Crippen molar-refractivity contribution >= 4 is 11.8 Å². The van der Waals surface area contributed by atoms with Gasteiger partial charge in [0, 0.05) is 17.8 Å². The maximum Gasteiger partial charge on any atom is 0.309 e. The van der Waals surface area contributed by atoms with Crippen LogP contribution in [0, 0.1) is 29.1 Å². The van der Waals surface area contributed by atoms with E-state index in [-0.39, 0.29) is 41.0 Å². The number of rotatable bonds is 0. The van der Waals surface area contributed by atoms with E-state index in [0.29, 0.717) is 5.92 Å². The SMILES string of the molecule is C[C@@H]1C(=O)C=C[C@]2(C)CC[C@H]3[C@H](C)C(=O)O[C@@H]3C12. The molecule has 0 aromatic carbocycles. The summed E-state index contributed by atoms with van der Waals surface area (Å²) in [5.74, 6) is 0.510. The van der Waals surface area contributed by atoms with Crippen LogP contribution in [0.5, 0.6) is 0 Å². The van der Waals surface area contributed by atoms with Crippen molar-refractivity contribution < 1.29 is 14.3 Å². The molecule has 1 aliphatic heterocycles. The smallest absolute Gasteiger partial charge is 0.309 e. The van der Waals surface area contributed by atoms with Crippen LogP contribution >= 0.6 is 0 Å². The lowest BCUT2D eigenvalue weighted by molar-refractivity contribution is -0.151. The Hall–Kier alpha value is -1.12. The Labute approximate surface area is 108 Å². The molecule has 98 valence electrons. The van der Waals surface area contributed by atoms with Crippen LogP contribution < -0.4 is 0 Å². The largest absolute Gasteiger partial charge is 0.461 e. The minimum atomic E-state index is -0.0801. The Morgan fingerprint density at radius 3 is 2.72 bits per heavy atom. The Bertz CT molecular complexity index is 439. The van der Waals surface area contributed by atoms with Crippen molar-refractivity contribution in [1.82, 2.24) is 0 Å². The molecular weight excluding hydrogens is 228 g/mol. The highest BCUT2D eigenvalue weighted by molar-refractivity contribution is 5.93. The molecule has 3 nitrogen and oxygen atoms in total. The number of fused-ring (bicyclic) bond motifs is 3. The number of hydrogen-bond donors (Lipinski definition) is 0. The van der Waals surface area contributed by atoms with Crippen LogP contribution in [-0.2, 0) is 14.3 Å². The summed E-state index contributed by atoms with van der Waals surface area (Å²) in [5, 5.41) is 0. The summed E-state index contributed by atoms with van der Waals surface area (Å²) in [6.45, 7) is 6.14. The number of carbonyl (C=O) groups is 2. The second-order valence-corrected chi connectivity index (χ2v) is 6.45. The minimum absolute atomic E-state index is 0.00671. The third kappa shape index (κ3) is 1.42. The highest BCUT2D eigenvalue weighted by Crippen LogP contribution is 2.54. The fourth-order valence-corrected chi connectivity index (χ4v) is 4.21. The first kappa shape index (κ1) is 11.9. The standard InChI is InChI=1S/C15H20O3/c1-8-10-4-6-15(3)7-5-11(16)9(2)12(15)13(10)18-14(8)17/h5,7-10,12-13H,4,6H2,1-3H3/t8-,9+,10-,12?,13-,15-/m0/s1. The highest BCUT2D eigenvalue weighted by Gasteiger charge is 2.57. The Kier molecular flexibility index (Phi) is 2.45. The zero-order valence-electron chi connectivity index (χ0n) is 11.2. The monoisotopic (exact) mass is 248 g/mol. The normalized spacial score (nSPS) is 50.7. The Balaban J connectivity index is 2.00. The molecule has 1 saturated carbocycles. The van der Waals surface area contributed by atoms with Gasteiger partial charge in [-0.3, -0.25) is 9.59 Å². The first-order valence-corrected chi connectivity index (χ1v) is 6.87. The van der Waals surface area contributed by atoms with Gasteiger partial charge in [0.25, 0.3) is 0 Å².